The predicted molar refractivity (Wildman–Crippen MR) is 138 cm³/mol. The van der Waals surface area contributed by atoms with Gasteiger partial charge in [0.1, 0.15) is 0 Å². The molecule has 0 aromatic heterocycles. The van der Waals surface area contributed by atoms with Crippen LogP contribution >= 0.6 is 0 Å². The average molecular weight is 644 g/mol. The molecular formula is C29H50F2IO5-. The fraction of sp³-hybridized carbons (Fsp3) is 0.897. The van der Waals surface area contributed by atoms with Crippen LogP contribution in [0.15, 0.2) is 12.2 Å². The minimum Gasteiger partial charge on any atom is -0.481 e. The van der Waals surface area contributed by atoms with E-state index in [1.807, 2.05) is 6.08 Å². The number of carboxylic acid groups (broad SMARTS) is 1. The van der Waals surface area contributed by atoms with E-state index in [1.54, 1.807) is 6.08 Å². The Bertz CT molecular complexity index is 642. The Morgan fingerprint density at radius 3 is 2.51 bits per heavy atom. The number of unbranched alkanes of at least 4 members (excludes halogenated alkanes) is 8. The topological polar surface area (TPSA) is 76.0 Å². The molecule has 2 fully saturated rings. The van der Waals surface area contributed by atoms with Crippen LogP contribution in [0.2, 0.25) is 0 Å². The first-order valence-corrected chi connectivity index (χ1v) is 16.8. The molecule has 5 atom stereocenters. The zero-order valence-corrected chi connectivity index (χ0v) is 24.9. The smallest absolute Gasteiger partial charge is 0.481 e. The Balaban J connectivity index is 1.86. The molecule has 2 aliphatic rings. The van der Waals surface area contributed by atoms with E-state index in [-0.39, 0.29) is 41.3 Å². The first-order valence-electron chi connectivity index (χ1n) is 14.7. The molecule has 1 saturated heterocycles. The SMILES string of the molecule is CCCCCCC(F)(F)C/C=C/[C@H]1C([I-]OC2CCCCO2)CC(O)C1CCCCCCCCC(=O)O. The number of alkyl halides is 3. The van der Waals surface area contributed by atoms with Crippen LogP contribution in [0.3, 0.4) is 0 Å². The number of aliphatic hydroxyl groups is 1. The third-order valence-corrected chi connectivity index (χ3v) is 10.5. The number of aliphatic carboxylic acids is 1. The van der Waals surface area contributed by atoms with E-state index in [0.29, 0.717) is 12.8 Å². The van der Waals surface area contributed by atoms with Gasteiger partial charge in [-0.15, -0.1) is 0 Å². The number of ether oxygens (including phenoxy) is 1. The van der Waals surface area contributed by atoms with Crippen LogP contribution in [-0.2, 0) is 12.6 Å². The van der Waals surface area contributed by atoms with Gasteiger partial charge in [0.05, 0.1) is 0 Å². The van der Waals surface area contributed by atoms with E-state index in [9.17, 15) is 18.7 Å². The summed E-state index contributed by atoms with van der Waals surface area (Å²) in [5, 5.41) is 19.6. The third kappa shape index (κ3) is 14.0. The van der Waals surface area contributed by atoms with Gasteiger partial charge in [0, 0.05) is 0 Å². The summed E-state index contributed by atoms with van der Waals surface area (Å²) in [6, 6.07) is 0. The Hall–Kier alpha value is -0.320. The van der Waals surface area contributed by atoms with Gasteiger partial charge < -0.3 is 5.11 Å². The molecule has 0 amide bonds. The average Bonchev–Trinajstić information content (AvgIpc) is 3.16. The van der Waals surface area contributed by atoms with E-state index in [1.165, 1.54) is 0 Å². The normalized spacial score (nSPS) is 26.9. The van der Waals surface area contributed by atoms with Crippen molar-refractivity contribution in [2.75, 3.05) is 6.61 Å². The van der Waals surface area contributed by atoms with Gasteiger partial charge in [-0.2, -0.15) is 0 Å². The van der Waals surface area contributed by atoms with Gasteiger partial charge in [0.15, 0.2) is 0 Å². The van der Waals surface area contributed by atoms with Crippen molar-refractivity contribution < 1.29 is 53.2 Å². The van der Waals surface area contributed by atoms with Gasteiger partial charge >= 0.3 is 225 Å². The van der Waals surface area contributed by atoms with Crippen molar-refractivity contribution in [3.05, 3.63) is 12.2 Å². The molecule has 0 radical (unpaired) electrons. The molecule has 1 saturated carbocycles. The molecule has 1 aliphatic heterocycles. The summed E-state index contributed by atoms with van der Waals surface area (Å²) in [5.74, 6) is -3.24. The number of carbonyl (C=O) groups is 1. The number of aliphatic hydroxyl groups excluding tert-OH is 1. The summed E-state index contributed by atoms with van der Waals surface area (Å²) in [6.45, 7) is 2.82. The molecule has 8 heteroatoms. The molecular weight excluding hydrogens is 593 g/mol. The molecule has 2 N–H and O–H groups in total. The molecule has 2 rings (SSSR count). The molecule has 4 unspecified atom stereocenters. The van der Waals surface area contributed by atoms with Crippen LogP contribution in [0.25, 0.3) is 0 Å². The maximum absolute atomic E-state index is 14.4. The van der Waals surface area contributed by atoms with Gasteiger partial charge in [-0.05, 0) is 0 Å². The van der Waals surface area contributed by atoms with Gasteiger partial charge in [0.25, 0.3) is 0 Å². The number of carboxylic acids is 1. The molecule has 0 aromatic rings. The summed E-state index contributed by atoms with van der Waals surface area (Å²) >= 11 is -0.667. The van der Waals surface area contributed by atoms with Crippen LogP contribution in [0.5, 0.6) is 0 Å². The molecule has 0 bridgehead atoms. The third-order valence-electron chi connectivity index (χ3n) is 7.63. The summed E-state index contributed by atoms with van der Waals surface area (Å²) < 4.78 is 41.0. The Labute approximate surface area is 234 Å². The van der Waals surface area contributed by atoms with Crippen LogP contribution in [0, 0.1) is 11.8 Å². The van der Waals surface area contributed by atoms with Crippen LogP contribution < -0.4 is 21.6 Å². The second-order valence-electron chi connectivity index (χ2n) is 10.9. The fourth-order valence-electron chi connectivity index (χ4n) is 5.41. The first-order chi connectivity index (χ1) is 17.8. The summed E-state index contributed by atoms with van der Waals surface area (Å²) in [4.78, 5) is 10.6. The zero-order valence-electron chi connectivity index (χ0n) is 22.7. The van der Waals surface area contributed by atoms with Crippen molar-refractivity contribution in [2.45, 2.75) is 145 Å². The minimum atomic E-state index is -2.67. The van der Waals surface area contributed by atoms with E-state index in [0.717, 1.165) is 90.1 Å². The van der Waals surface area contributed by atoms with Crippen molar-refractivity contribution in [2.24, 2.45) is 11.8 Å². The Kier molecular flexibility index (Phi) is 16.8. The molecule has 37 heavy (non-hydrogen) atoms. The molecule has 218 valence electrons. The number of rotatable bonds is 20. The second-order valence-corrected chi connectivity index (χ2v) is 13.5. The van der Waals surface area contributed by atoms with Gasteiger partial charge in [-0.1, -0.05) is 0 Å². The van der Waals surface area contributed by atoms with E-state index < -0.39 is 39.6 Å². The van der Waals surface area contributed by atoms with Gasteiger partial charge in [-0.3, -0.25) is 4.79 Å². The summed E-state index contributed by atoms with van der Waals surface area (Å²) in [7, 11) is 0. The first kappa shape index (κ1) is 32.9. The summed E-state index contributed by atoms with van der Waals surface area (Å²) in [6.07, 6.45) is 17.0. The molecule has 0 spiro atoms. The van der Waals surface area contributed by atoms with Crippen LogP contribution in [0.4, 0.5) is 8.78 Å². The zero-order chi connectivity index (χ0) is 26.9. The molecule has 1 aliphatic carbocycles. The van der Waals surface area contributed by atoms with Crippen molar-refractivity contribution in [3.8, 4) is 0 Å². The van der Waals surface area contributed by atoms with Gasteiger partial charge in [-0.25, -0.2) is 0 Å². The van der Waals surface area contributed by atoms with Crippen molar-refractivity contribution in [3.63, 3.8) is 0 Å². The van der Waals surface area contributed by atoms with Crippen molar-refractivity contribution >= 4 is 5.97 Å². The van der Waals surface area contributed by atoms with E-state index in [4.69, 9.17) is 12.9 Å². The minimum absolute atomic E-state index is 0.0565. The van der Waals surface area contributed by atoms with Crippen LogP contribution in [0.1, 0.15) is 122 Å². The molecule has 1 heterocycles. The van der Waals surface area contributed by atoms with E-state index in [2.05, 4.69) is 6.92 Å². The van der Waals surface area contributed by atoms with E-state index >= 15 is 0 Å². The molecule has 5 nitrogen and oxygen atoms in total. The number of hydrogen-bond donors (Lipinski definition) is 2. The number of allylic oxidation sites excluding steroid dienone is 2. The fourth-order valence-corrected chi connectivity index (χ4v) is 8.36. The predicted octanol–water partition coefficient (Wildman–Crippen LogP) is 4.66. The summed E-state index contributed by atoms with van der Waals surface area (Å²) in [5.41, 5.74) is 0. The Morgan fingerprint density at radius 2 is 1.81 bits per heavy atom. The van der Waals surface area contributed by atoms with Crippen LogP contribution in [-0.4, -0.2) is 45.0 Å². The van der Waals surface area contributed by atoms with Crippen molar-refractivity contribution in [1.29, 1.82) is 0 Å². The van der Waals surface area contributed by atoms with Crippen molar-refractivity contribution in [1.82, 2.24) is 0 Å². The van der Waals surface area contributed by atoms with Gasteiger partial charge in [0.2, 0.25) is 0 Å². The Morgan fingerprint density at radius 1 is 1.08 bits per heavy atom. The molecule has 0 aromatic carbocycles. The number of hydrogen-bond acceptors (Lipinski definition) is 4. The maximum atomic E-state index is 14.4. The second kappa shape index (κ2) is 18.9. The standard InChI is InChI=1S/C29H50F2IO5/c1-2-3-4-12-19-29(30,31)20-14-16-23-24(15-9-7-5-6-8-10-17-27(34)35)26(33)22-25(23)32-37-28-18-11-13-21-36-28/h14,16,23-26,28,33H,2-13,15,17-22H2,1H3,(H,34,35)/q-1/b16-14+/t23-,24?,25?,26?,28?/m1/s1. The monoisotopic (exact) mass is 643 g/mol. The number of halogens is 3. The quantitative estimate of drug-likeness (QED) is 0.0875.